The largest absolute Gasteiger partial charge is 2.00 e. The van der Waals surface area contributed by atoms with Gasteiger partial charge >= 0.3 is 21.1 Å². The Labute approximate surface area is 632 Å². The second kappa shape index (κ2) is 28.1. The number of hydrogen-bond donors (Lipinski definition) is 2. The van der Waals surface area contributed by atoms with Crippen LogP contribution in [0.1, 0.15) is 128 Å². The maximum Gasteiger partial charge on any atom is 2.00 e. The van der Waals surface area contributed by atoms with Gasteiger partial charge in [-0.1, -0.05) is 217 Å². The summed E-state index contributed by atoms with van der Waals surface area (Å²) in [4.78, 5) is 13.6. The maximum atomic E-state index is 12.4. The second-order valence-electron chi connectivity index (χ2n) is 32.4. The number of benzene rings is 12. The Morgan fingerprint density at radius 2 is 0.548 bits per heavy atom. The molecule has 2 N–H and O–H groups in total. The molecule has 104 heavy (non-hydrogen) atoms. The van der Waals surface area contributed by atoms with Crippen LogP contribution in [-0.4, -0.2) is 16.9 Å². The molecule has 0 radical (unpaired) electrons. The SMILES string of the molecule is Cc1cc(N(c2ccccc2)c2ccccc2)cc(C)c1-c1ccc(O)c(N2[CH-]N(CN3[CH-]N(c4cc(-c5c(C)cc(N(c6ccccc6)c6ccccc6)cc5C)ccc4O)c4ccc(-c5cc(C(C)(C)C)cc(C(C)(C)C)c5)cc43)c3cc(-c4cc(C(C)(C)C)cc(C(C)(C)C)c4)ccc32)c1.[Pt+2]. The monoisotopic (exact) mass is 1550 g/mol. The molecule has 9 heteroatoms. The van der Waals surface area contributed by atoms with Crippen LogP contribution in [0.2, 0.25) is 0 Å². The zero-order chi connectivity index (χ0) is 72.6. The first-order chi connectivity index (χ1) is 49.0. The molecular weight excluding hydrogens is 1450 g/mol. The molecule has 0 bridgehead atoms. The summed E-state index contributed by atoms with van der Waals surface area (Å²) >= 11 is 0. The molecule has 12 aromatic rings. The Balaban J connectivity index is 0.00000961. The quantitative estimate of drug-likeness (QED) is 0.104. The van der Waals surface area contributed by atoms with Crippen molar-refractivity contribution in [2.45, 2.75) is 132 Å². The number of aryl methyl sites for hydroxylation is 4. The van der Waals surface area contributed by atoms with E-state index in [1.165, 1.54) is 22.3 Å². The molecule has 0 atom stereocenters. The smallest absolute Gasteiger partial charge is 0.506 e. The minimum atomic E-state index is -0.0958. The molecule has 528 valence electrons. The van der Waals surface area contributed by atoms with Gasteiger partial charge in [0.05, 0.1) is 11.4 Å². The molecule has 2 aliphatic heterocycles. The van der Waals surface area contributed by atoms with Gasteiger partial charge in [0.25, 0.3) is 0 Å². The molecule has 2 aliphatic rings. The molecule has 0 spiro atoms. The van der Waals surface area contributed by atoms with E-state index in [4.69, 9.17) is 0 Å². The zero-order valence-corrected chi connectivity index (χ0v) is 65.3. The summed E-state index contributed by atoms with van der Waals surface area (Å²) in [5.41, 5.74) is 29.5. The van der Waals surface area contributed by atoms with Crippen molar-refractivity contribution in [1.29, 1.82) is 0 Å². The fourth-order valence-electron chi connectivity index (χ4n) is 14.9. The Morgan fingerprint density at radius 3 is 0.827 bits per heavy atom. The van der Waals surface area contributed by atoms with Crippen molar-refractivity contribution in [3.05, 3.63) is 313 Å². The van der Waals surface area contributed by atoms with Crippen LogP contribution in [0.15, 0.2) is 255 Å². The van der Waals surface area contributed by atoms with E-state index in [0.717, 1.165) is 124 Å². The van der Waals surface area contributed by atoms with Crippen LogP contribution in [0, 0.1) is 41.0 Å². The minimum absolute atomic E-state index is 0. The van der Waals surface area contributed by atoms with Crippen molar-refractivity contribution < 1.29 is 31.3 Å². The summed E-state index contributed by atoms with van der Waals surface area (Å²) in [6.45, 7) is 41.0. The van der Waals surface area contributed by atoms with E-state index >= 15 is 0 Å². The van der Waals surface area contributed by atoms with Gasteiger partial charge in [0, 0.05) is 63.5 Å². The number of phenolic OH excluding ortho intramolecular Hbond substituents is 2. The zero-order valence-electron chi connectivity index (χ0n) is 63.0. The Hall–Kier alpha value is -10.3. The van der Waals surface area contributed by atoms with E-state index < -0.39 is 0 Å². The summed E-state index contributed by atoms with van der Waals surface area (Å²) in [6.07, 6.45) is 0. The Kier molecular flexibility index (Phi) is 19.5. The number of aromatic hydroxyl groups is 2. The summed E-state index contributed by atoms with van der Waals surface area (Å²) in [7, 11) is 0. The van der Waals surface area contributed by atoms with Gasteiger partial charge in [0.1, 0.15) is 11.5 Å². The average Bonchev–Trinajstić information content (AvgIpc) is 1.60. The molecule has 8 nitrogen and oxygen atoms in total. The van der Waals surface area contributed by atoms with E-state index in [-0.39, 0.29) is 54.2 Å². The van der Waals surface area contributed by atoms with Crippen molar-refractivity contribution in [1.82, 2.24) is 0 Å². The molecule has 0 aromatic heterocycles. The van der Waals surface area contributed by atoms with Gasteiger partial charge in [-0.15, -0.1) is 13.3 Å². The van der Waals surface area contributed by atoms with Crippen LogP contribution in [0.25, 0.3) is 44.5 Å². The second-order valence-corrected chi connectivity index (χ2v) is 32.4. The van der Waals surface area contributed by atoms with Crippen LogP contribution in [-0.2, 0) is 42.7 Å². The summed E-state index contributed by atoms with van der Waals surface area (Å²) in [5.74, 6) is 0.328. The van der Waals surface area contributed by atoms with E-state index in [2.05, 4.69) is 384 Å². The first kappa shape index (κ1) is 72.1. The van der Waals surface area contributed by atoms with Crippen molar-refractivity contribution >= 4 is 68.2 Å². The minimum Gasteiger partial charge on any atom is -0.506 e. The summed E-state index contributed by atoms with van der Waals surface area (Å²) < 4.78 is 0. The standard InChI is InChI=1S/C95H96N6O2.Pt/c1-62-45-80(100(76-29-21-17-22-30-76)77-31-23-18-24-32-77)46-63(2)90(62)68-39-43-88(102)86(55-68)98-60-96(84-53-66(37-41-82(84)98)70-49-72(92(5,6)7)57-73(50-70)93(8,9)10)59-97-61-99(83-42-38-67(54-85(83)97)71-51-74(94(11,12)13)58-75(52-71)95(14,15)16)87-56-69(40-44-89(87)103)91-64(3)47-81(48-65(91)4)101(78-33-25-19-26-34-78)79-35-27-20-28-36-79;/h17-58,60-61,102-103H,59H2,1-16H3;/q-2;+2. The molecular formula is C95H96N6O2Pt. The van der Waals surface area contributed by atoms with E-state index in [1.54, 1.807) is 0 Å². The fraction of sp³-hybridized carbons (Fsp3) is 0.221. The van der Waals surface area contributed by atoms with Gasteiger partial charge in [-0.3, -0.25) is 0 Å². The van der Waals surface area contributed by atoms with Gasteiger partial charge in [-0.2, -0.15) is 0 Å². The van der Waals surface area contributed by atoms with Crippen LogP contribution in [0.3, 0.4) is 0 Å². The number of rotatable bonds is 14. The number of anilines is 12. The molecule has 12 aromatic carbocycles. The van der Waals surface area contributed by atoms with Crippen LogP contribution >= 0.6 is 0 Å². The average molecular weight is 1550 g/mol. The van der Waals surface area contributed by atoms with Crippen molar-refractivity contribution in [2.24, 2.45) is 0 Å². The van der Waals surface area contributed by atoms with Gasteiger partial charge in [-0.05, 0) is 260 Å². The molecule has 0 unspecified atom stereocenters. The molecule has 0 aliphatic carbocycles. The van der Waals surface area contributed by atoms with E-state index in [9.17, 15) is 10.2 Å². The van der Waals surface area contributed by atoms with Gasteiger partial charge in [-0.25, -0.2) is 0 Å². The summed E-state index contributed by atoms with van der Waals surface area (Å²) in [5, 5.41) is 24.8. The third-order valence-corrected chi connectivity index (χ3v) is 20.6. The fourth-order valence-corrected chi connectivity index (χ4v) is 14.9. The summed E-state index contributed by atoms with van der Waals surface area (Å²) in [6, 6.07) is 91.2. The molecule has 0 saturated carbocycles. The number of phenols is 2. The number of hydrogen-bond acceptors (Lipinski definition) is 8. The van der Waals surface area contributed by atoms with E-state index in [0.29, 0.717) is 18.0 Å². The van der Waals surface area contributed by atoms with Gasteiger partial charge < -0.3 is 39.6 Å². The topological polar surface area (TPSA) is 59.9 Å². The molecule has 0 amide bonds. The Morgan fingerprint density at radius 1 is 0.279 bits per heavy atom. The third kappa shape index (κ3) is 14.3. The normalized spacial score (nSPS) is 13.1. The van der Waals surface area contributed by atoms with Gasteiger partial charge in [0.15, 0.2) is 0 Å². The number of para-hydroxylation sites is 4. The Bertz CT molecular complexity index is 4650. The molecule has 0 saturated heterocycles. The predicted octanol–water partition coefficient (Wildman–Crippen LogP) is 25.9. The van der Waals surface area contributed by atoms with Crippen LogP contribution < -0.4 is 29.4 Å². The first-order valence-electron chi connectivity index (χ1n) is 36.2. The molecule has 2 heterocycles. The van der Waals surface area contributed by atoms with Crippen LogP contribution in [0.4, 0.5) is 68.2 Å². The maximum absolute atomic E-state index is 12.4. The van der Waals surface area contributed by atoms with Crippen LogP contribution in [0.5, 0.6) is 11.5 Å². The van der Waals surface area contributed by atoms with Gasteiger partial charge in [0.2, 0.25) is 0 Å². The molecule has 14 rings (SSSR count). The first-order valence-corrected chi connectivity index (χ1v) is 36.2. The third-order valence-electron chi connectivity index (χ3n) is 20.6. The van der Waals surface area contributed by atoms with Crippen molar-refractivity contribution in [3.8, 4) is 56.0 Å². The molecule has 0 fully saturated rings. The van der Waals surface area contributed by atoms with Crippen molar-refractivity contribution in [3.63, 3.8) is 0 Å². The number of nitrogens with zero attached hydrogens (tertiary/aromatic N) is 6. The van der Waals surface area contributed by atoms with E-state index in [1.807, 2.05) is 24.3 Å². The predicted molar refractivity (Wildman–Crippen MR) is 437 cm³/mol. The number of fused-ring (bicyclic) bond motifs is 2. The van der Waals surface area contributed by atoms with Crippen molar-refractivity contribution in [2.75, 3.05) is 36.1 Å².